The average Bonchev–Trinajstić information content (AvgIpc) is 2.79. The van der Waals surface area contributed by atoms with Gasteiger partial charge in [-0.3, -0.25) is 0 Å². The molecule has 4 unspecified atom stereocenters. The third kappa shape index (κ3) is 2.20. The highest BCUT2D eigenvalue weighted by atomic mass is 32.1. The zero-order valence-electron chi connectivity index (χ0n) is 10.3. The lowest BCUT2D eigenvalue weighted by Crippen LogP contribution is -2.34. The Morgan fingerprint density at radius 3 is 2.94 bits per heavy atom. The number of fused-ring (bicyclic) bond motifs is 2. The Labute approximate surface area is 109 Å². The molecule has 2 bridgehead atoms. The predicted molar refractivity (Wildman–Crippen MR) is 74.1 cm³/mol. The fourth-order valence-corrected chi connectivity index (χ4v) is 3.78. The van der Waals surface area contributed by atoms with Crippen LogP contribution in [0.15, 0.2) is 36.1 Å². The molecular formula is C15H20OS. The molecule has 0 aromatic carbocycles. The van der Waals surface area contributed by atoms with Crippen molar-refractivity contribution in [2.24, 2.45) is 11.8 Å². The van der Waals surface area contributed by atoms with E-state index in [4.69, 9.17) is 4.74 Å². The molecule has 2 fully saturated rings. The van der Waals surface area contributed by atoms with Crippen LogP contribution >= 0.6 is 12.6 Å². The monoisotopic (exact) mass is 248 g/mol. The van der Waals surface area contributed by atoms with E-state index < -0.39 is 0 Å². The van der Waals surface area contributed by atoms with E-state index >= 15 is 0 Å². The first-order valence-corrected chi connectivity index (χ1v) is 7.11. The van der Waals surface area contributed by atoms with Crippen LogP contribution in [0, 0.1) is 11.8 Å². The van der Waals surface area contributed by atoms with Crippen molar-refractivity contribution in [2.75, 3.05) is 0 Å². The van der Waals surface area contributed by atoms with Gasteiger partial charge in [0.15, 0.2) is 0 Å². The maximum Gasteiger partial charge on any atom is 0.119 e. The summed E-state index contributed by atoms with van der Waals surface area (Å²) in [5.41, 5.74) is 0.0728. The number of hydrogen-bond acceptors (Lipinski definition) is 2. The van der Waals surface area contributed by atoms with Gasteiger partial charge in [-0.2, -0.15) is 12.6 Å². The summed E-state index contributed by atoms with van der Waals surface area (Å²) >= 11 is 4.42. The Morgan fingerprint density at radius 1 is 1.35 bits per heavy atom. The van der Waals surface area contributed by atoms with Crippen molar-refractivity contribution in [2.45, 2.75) is 43.5 Å². The topological polar surface area (TPSA) is 9.23 Å². The zero-order chi connectivity index (χ0) is 11.9. The zero-order valence-corrected chi connectivity index (χ0v) is 11.2. The second-order valence-corrected chi connectivity index (χ2v) is 6.39. The van der Waals surface area contributed by atoms with Gasteiger partial charge >= 0.3 is 0 Å². The lowest BCUT2D eigenvalue weighted by molar-refractivity contribution is -0.0221. The molecule has 0 saturated heterocycles. The van der Waals surface area contributed by atoms with Crippen molar-refractivity contribution in [3.8, 4) is 0 Å². The van der Waals surface area contributed by atoms with Crippen molar-refractivity contribution in [1.82, 2.24) is 0 Å². The molecule has 17 heavy (non-hydrogen) atoms. The van der Waals surface area contributed by atoms with Gasteiger partial charge in [0.2, 0.25) is 0 Å². The quantitative estimate of drug-likeness (QED) is 0.729. The lowest BCUT2D eigenvalue weighted by Gasteiger charge is -2.35. The standard InChI is InChI=1S/C15H20OS/c1-15(10-11-5-6-12(15)9-11)16-13-3-2-4-14(17)8-7-13/h2-4,7-8,11-12,14,17H,5-6,9-10H2,1H3. The molecule has 0 radical (unpaired) electrons. The molecular weight excluding hydrogens is 228 g/mol. The van der Waals surface area contributed by atoms with Gasteiger partial charge in [0.25, 0.3) is 0 Å². The number of allylic oxidation sites excluding steroid dienone is 3. The fraction of sp³-hybridized carbons (Fsp3) is 0.600. The third-order valence-corrected chi connectivity index (χ3v) is 4.82. The van der Waals surface area contributed by atoms with Gasteiger partial charge in [-0.1, -0.05) is 18.2 Å². The molecule has 2 saturated carbocycles. The highest BCUT2D eigenvalue weighted by molar-refractivity contribution is 7.81. The largest absolute Gasteiger partial charge is 0.487 e. The summed E-state index contributed by atoms with van der Waals surface area (Å²) in [4.78, 5) is 0. The summed E-state index contributed by atoms with van der Waals surface area (Å²) in [7, 11) is 0. The van der Waals surface area contributed by atoms with E-state index in [1.807, 2.05) is 6.08 Å². The number of hydrogen-bond donors (Lipinski definition) is 1. The molecule has 0 heterocycles. The molecule has 4 atom stereocenters. The summed E-state index contributed by atoms with van der Waals surface area (Å²) in [6.45, 7) is 2.29. The highest BCUT2D eigenvalue weighted by Crippen LogP contribution is 2.53. The van der Waals surface area contributed by atoms with Gasteiger partial charge in [0, 0.05) is 5.25 Å². The molecule has 2 heteroatoms. The van der Waals surface area contributed by atoms with Gasteiger partial charge < -0.3 is 4.74 Å². The Kier molecular flexibility index (Phi) is 2.86. The van der Waals surface area contributed by atoms with Crippen molar-refractivity contribution >= 4 is 12.6 Å². The summed E-state index contributed by atoms with van der Waals surface area (Å²) in [6.07, 6.45) is 15.7. The first-order valence-electron chi connectivity index (χ1n) is 6.59. The maximum atomic E-state index is 6.29. The van der Waals surface area contributed by atoms with Gasteiger partial charge in [0.05, 0.1) is 0 Å². The summed E-state index contributed by atoms with van der Waals surface area (Å²) in [6, 6.07) is 0. The van der Waals surface area contributed by atoms with Crippen LogP contribution in [-0.4, -0.2) is 10.9 Å². The molecule has 0 aromatic heterocycles. The average molecular weight is 248 g/mol. The SMILES string of the molecule is CC1(OC2=CC=CC(S)C=C2)CC2CCC1C2. The van der Waals surface area contributed by atoms with E-state index in [1.165, 1.54) is 25.7 Å². The van der Waals surface area contributed by atoms with Crippen LogP contribution in [0.5, 0.6) is 0 Å². The number of rotatable bonds is 2. The van der Waals surface area contributed by atoms with Crippen LogP contribution in [-0.2, 0) is 4.74 Å². The molecule has 1 nitrogen and oxygen atoms in total. The van der Waals surface area contributed by atoms with Crippen LogP contribution < -0.4 is 0 Å². The van der Waals surface area contributed by atoms with E-state index in [1.54, 1.807) is 0 Å². The van der Waals surface area contributed by atoms with E-state index in [-0.39, 0.29) is 10.9 Å². The van der Waals surface area contributed by atoms with E-state index in [2.05, 4.69) is 43.9 Å². The van der Waals surface area contributed by atoms with Gasteiger partial charge in [-0.05, 0) is 56.6 Å². The van der Waals surface area contributed by atoms with Crippen molar-refractivity contribution in [3.05, 3.63) is 36.1 Å². The fourth-order valence-electron chi connectivity index (χ4n) is 3.59. The smallest absolute Gasteiger partial charge is 0.119 e. The summed E-state index contributed by atoms with van der Waals surface area (Å²) < 4.78 is 6.29. The molecule has 3 aliphatic carbocycles. The van der Waals surface area contributed by atoms with Crippen molar-refractivity contribution in [1.29, 1.82) is 0 Å². The van der Waals surface area contributed by atoms with E-state index in [9.17, 15) is 0 Å². The van der Waals surface area contributed by atoms with Gasteiger partial charge in [-0.25, -0.2) is 0 Å². The Bertz CT molecular complexity index is 396. The van der Waals surface area contributed by atoms with Gasteiger partial charge in [0.1, 0.15) is 11.4 Å². The van der Waals surface area contributed by atoms with Crippen LogP contribution in [0.3, 0.4) is 0 Å². The second kappa shape index (κ2) is 4.24. The minimum absolute atomic E-state index is 0.0728. The van der Waals surface area contributed by atoms with Crippen LogP contribution in [0.2, 0.25) is 0 Å². The second-order valence-electron chi connectivity index (χ2n) is 5.80. The van der Waals surface area contributed by atoms with Crippen molar-refractivity contribution in [3.63, 3.8) is 0 Å². The van der Waals surface area contributed by atoms with Crippen molar-refractivity contribution < 1.29 is 4.74 Å². The Morgan fingerprint density at radius 2 is 2.24 bits per heavy atom. The van der Waals surface area contributed by atoms with E-state index in [0.717, 1.165) is 17.6 Å². The minimum Gasteiger partial charge on any atom is -0.487 e. The van der Waals surface area contributed by atoms with Crippen LogP contribution in [0.1, 0.15) is 32.6 Å². The minimum atomic E-state index is 0.0728. The lowest BCUT2D eigenvalue weighted by atomic mass is 9.85. The molecule has 3 aliphatic rings. The highest BCUT2D eigenvalue weighted by Gasteiger charge is 2.49. The van der Waals surface area contributed by atoms with Crippen LogP contribution in [0.4, 0.5) is 0 Å². The normalized spacial score (nSPS) is 43.6. The summed E-state index contributed by atoms with van der Waals surface area (Å²) in [5, 5.41) is 0.209. The molecule has 3 rings (SSSR count). The van der Waals surface area contributed by atoms with E-state index in [0.29, 0.717) is 0 Å². The molecule has 0 aromatic rings. The predicted octanol–water partition coefficient (Wildman–Crippen LogP) is 3.89. The Balaban J connectivity index is 1.73. The third-order valence-electron chi connectivity index (χ3n) is 4.48. The first kappa shape index (κ1) is 11.5. The molecule has 0 spiro atoms. The molecule has 92 valence electrons. The Hall–Kier alpha value is -0.630. The first-order chi connectivity index (χ1) is 8.16. The maximum absolute atomic E-state index is 6.29. The molecule has 0 amide bonds. The number of ether oxygens (including phenoxy) is 1. The van der Waals surface area contributed by atoms with Crippen LogP contribution in [0.25, 0.3) is 0 Å². The number of thiol groups is 1. The molecule has 0 N–H and O–H groups in total. The molecule has 0 aliphatic heterocycles. The summed E-state index contributed by atoms with van der Waals surface area (Å²) in [5.74, 6) is 2.67. The van der Waals surface area contributed by atoms with Gasteiger partial charge in [-0.15, -0.1) is 0 Å².